The lowest BCUT2D eigenvalue weighted by molar-refractivity contribution is -0.189. The Morgan fingerprint density at radius 3 is 2.24 bits per heavy atom. The Labute approximate surface area is 157 Å². The summed E-state index contributed by atoms with van der Waals surface area (Å²) in [7, 11) is 0. The minimum atomic E-state index is 0.415. The Kier molecular flexibility index (Phi) is 5.15. The first-order valence-electron chi connectivity index (χ1n) is 11.3. The lowest BCUT2D eigenvalue weighted by Gasteiger charge is -2.68. The molecule has 0 heterocycles. The molecule has 146 valence electrons. The summed E-state index contributed by atoms with van der Waals surface area (Å²) < 4.78 is 0. The van der Waals surface area contributed by atoms with Gasteiger partial charge in [-0.05, 0) is 84.4 Å². The van der Waals surface area contributed by atoms with Crippen LogP contribution < -0.4 is 5.73 Å². The smallest absolute Gasteiger partial charge is 0.00934 e. The Bertz CT molecular complexity index is 486. The van der Waals surface area contributed by atoms with E-state index in [-0.39, 0.29) is 0 Å². The maximum atomic E-state index is 6.78. The Morgan fingerprint density at radius 1 is 0.880 bits per heavy atom. The minimum Gasteiger partial charge on any atom is -0.327 e. The van der Waals surface area contributed by atoms with Crippen molar-refractivity contribution in [1.82, 2.24) is 0 Å². The molecular weight excluding hydrogens is 302 g/mol. The van der Waals surface area contributed by atoms with E-state index in [1.807, 2.05) is 0 Å². The first kappa shape index (κ1) is 19.7. The average Bonchev–Trinajstić information content (AvgIpc) is 2.53. The second kappa shape index (κ2) is 6.54. The van der Waals surface area contributed by atoms with Gasteiger partial charge in [-0.15, -0.1) is 0 Å². The highest BCUT2D eigenvalue weighted by Crippen LogP contribution is 2.70. The molecule has 3 rings (SSSR count). The van der Waals surface area contributed by atoms with Gasteiger partial charge in [0.15, 0.2) is 0 Å². The topological polar surface area (TPSA) is 26.0 Å². The molecule has 0 aromatic carbocycles. The molecule has 1 nitrogen and oxygen atoms in total. The number of hydrogen-bond donors (Lipinski definition) is 1. The molecule has 0 saturated heterocycles. The Balaban J connectivity index is 1.93. The van der Waals surface area contributed by atoms with Crippen LogP contribution in [-0.4, -0.2) is 6.04 Å². The van der Waals surface area contributed by atoms with Crippen molar-refractivity contribution in [3.8, 4) is 0 Å². The summed E-state index contributed by atoms with van der Waals surface area (Å²) in [6.07, 6.45) is 11.2. The van der Waals surface area contributed by atoms with E-state index >= 15 is 0 Å². The molecule has 3 saturated carbocycles. The van der Waals surface area contributed by atoms with E-state index in [0.717, 1.165) is 23.7 Å². The van der Waals surface area contributed by atoms with Gasteiger partial charge < -0.3 is 5.73 Å². The molecular formula is C24H45N. The SMILES string of the molecule is CC1CC(C)C(N)C(CC2(C)C(C)CCC3(C)C(C)CCCC32C)C1. The fraction of sp³-hybridized carbons (Fsp3) is 1.00. The van der Waals surface area contributed by atoms with E-state index in [0.29, 0.717) is 28.2 Å². The third-order valence-electron chi connectivity index (χ3n) is 10.5. The molecule has 2 N–H and O–H groups in total. The molecule has 3 aliphatic rings. The van der Waals surface area contributed by atoms with Crippen LogP contribution in [-0.2, 0) is 0 Å². The van der Waals surface area contributed by atoms with Crippen molar-refractivity contribution in [2.45, 2.75) is 106 Å². The molecule has 25 heavy (non-hydrogen) atoms. The van der Waals surface area contributed by atoms with Crippen molar-refractivity contribution in [2.75, 3.05) is 0 Å². The highest BCUT2D eigenvalue weighted by molar-refractivity contribution is 5.12. The first-order valence-corrected chi connectivity index (χ1v) is 11.3. The van der Waals surface area contributed by atoms with Gasteiger partial charge in [-0.1, -0.05) is 61.3 Å². The molecule has 0 aromatic rings. The van der Waals surface area contributed by atoms with E-state index in [2.05, 4.69) is 48.5 Å². The van der Waals surface area contributed by atoms with Crippen LogP contribution in [0.15, 0.2) is 0 Å². The van der Waals surface area contributed by atoms with Gasteiger partial charge in [-0.25, -0.2) is 0 Å². The molecule has 1 heteroatoms. The zero-order valence-electron chi connectivity index (χ0n) is 18.2. The van der Waals surface area contributed by atoms with Gasteiger partial charge in [-0.3, -0.25) is 0 Å². The van der Waals surface area contributed by atoms with Crippen molar-refractivity contribution < 1.29 is 0 Å². The van der Waals surface area contributed by atoms with Crippen molar-refractivity contribution in [1.29, 1.82) is 0 Å². The van der Waals surface area contributed by atoms with E-state index in [4.69, 9.17) is 5.73 Å². The van der Waals surface area contributed by atoms with E-state index < -0.39 is 0 Å². The maximum absolute atomic E-state index is 6.78. The molecule has 9 atom stereocenters. The second-order valence-electron chi connectivity index (χ2n) is 11.5. The van der Waals surface area contributed by atoms with Gasteiger partial charge in [0.05, 0.1) is 0 Å². The summed E-state index contributed by atoms with van der Waals surface area (Å²) in [5, 5.41) is 0. The molecule has 9 unspecified atom stereocenters. The predicted molar refractivity (Wildman–Crippen MR) is 109 cm³/mol. The monoisotopic (exact) mass is 347 g/mol. The summed E-state index contributed by atoms with van der Waals surface area (Å²) in [6, 6.07) is 0.415. The number of hydrogen-bond acceptors (Lipinski definition) is 1. The number of nitrogens with two attached hydrogens (primary N) is 1. The number of fused-ring (bicyclic) bond motifs is 1. The zero-order chi connectivity index (χ0) is 18.6. The van der Waals surface area contributed by atoms with Gasteiger partial charge in [0.1, 0.15) is 0 Å². The largest absolute Gasteiger partial charge is 0.327 e. The van der Waals surface area contributed by atoms with Crippen LogP contribution in [0.2, 0.25) is 0 Å². The molecule has 3 aliphatic carbocycles. The summed E-state index contributed by atoms with van der Waals surface area (Å²) in [4.78, 5) is 0. The van der Waals surface area contributed by atoms with Crippen molar-refractivity contribution in [3.05, 3.63) is 0 Å². The van der Waals surface area contributed by atoms with Crippen molar-refractivity contribution in [3.63, 3.8) is 0 Å². The Hall–Kier alpha value is -0.0400. The predicted octanol–water partition coefficient (Wildman–Crippen LogP) is 6.65. The summed E-state index contributed by atoms with van der Waals surface area (Å²) >= 11 is 0. The van der Waals surface area contributed by atoms with Gasteiger partial charge in [0.2, 0.25) is 0 Å². The molecule has 0 bridgehead atoms. The summed E-state index contributed by atoms with van der Waals surface area (Å²) in [5.41, 5.74) is 8.20. The maximum Gasteiger partial charge on any atom is 0.00934 e. The standard InChI is InChI=1S/C24H45N/c1-16-13-17(2)21(25)20(14-16)15-23(6)19(4)10-12-22(5)18(3)9-8-11-24(22,23)7/h16-21H,8-15,25H2,1-7H3. The summed E-state index contributed by atoms with van der Waals surface area (Å²) in [6.45, 7) is 18.0. The van der Waals surface area contributed by atoms with Gasteiger partial charge >= 0.3 is 0 Å². The van der Waals surface area contributed by atoms with Crippen LogP contribution in [0.5, 0.6) is 0 Å². The fourth-order valence-electron chi connectivity index (χ4n) is 7.97. The lowest BCUT2D eigenvalue weighted by Crippen LogP contribution is -2.61. The molecule has 0 aliphatic heterocycles. The fourth-order valence-corrected chi connectivity index (χ4v) is 7.97. The molecule has 0 amide bonds. The normalized spacial score (nSPS) is 57.1. The van der Waals surface area contributed by atoms with E-state index in [1.54, 1.807) is 0 Å². The van der Waals surface area contributed by atoms with Crippen LogP contribution in [0.3, 0.4) is 0 Å². The lowest BCUT2D eigenvalue weighted by atomic mass is 9.37. The van der Waals surface area contributed by atoms with Crippen LogP contribution in [0.1, 0.15) is 99.8 Å². The second-order valence-corrected chi connectivity index (χ2v) is 11.5. The molecule has 0 spiro atoms. The highest BCUT2D eigenvalue weighted by atomic mass is 14.7. The zero-order valence-corrected chi connectivity index (χ0v) is 18.2. The third-order valence-corrected chi connectivity index (χ3v) is 10.5. The van der Waals surface area contributed by atoms with Crippen LogP contribution >= 0.6 is 0 Å². The highest BCUT2D eigenvalue weighted by Gasteiger charge is 2.63. The quantitative estimate of drug-likeness (QED) is 0.594. The molecule has 0 aromatic heterocycles. The van der Waals surface area contributed by atoms with E-state index in [1.165, 1.54) is 51.4 Å². The molecule has 0 radical (unpaired) electrons. The van der Waals surface area contributed by atoms with Crippen LogP contribution in [0, 0.1) is 45.8 Å². The van der Waals surface area contributed by atoms with Crippen molar-refractivity contribution >= 4 is 0 Å². The van der Waals surface area contributed by atoms with Crippen molar-refractivity contribution in [2.24, 2.45) is 51.6 Å². The third kappa shape index (κ3) is 2.82. The Morgan fingerprint density at radius 2 is 1.56 bits per heavy atom. The van der Waals surface area contributed by atoms with Crippen LogP contribution in [0.4, 0.5) is 0 Å². The van der Waals surface area contributed by atoms with Crippen LogP contribution in [0.25, 0.3) is 0 Å². The summed E-state index contributed by atoms with van der Waals surface area (Å²) in [5.74, 6) is 3.97. The molecule has 3 fully saturated rings. The average molecular weight is 348 g/mol. The first-order chi connectivity index (χ1) is 11.5. The number of rotatable bonds is 2. The van der Waals surface area contributed by atoms with Gasteiger partial charge in [0, 0.05) is 6.04 Å². The van der Waals surface area contributed by atoms with Gasteiger partial charge in [0.25, 0.3) is 0 Å². The minimum absolute atomic E-state index is 0.415. The van der Waals surface area contributed by atoms with E-state index in [9.17, 15) is 0 Å². The van der Waals surface area contributed by atoms with Gasteiger partial charge in [-0.2, -0.15) is 0 Å².